The third-order valence-corrected chi connectivity index (χ3v) is 3.10. The summed E-state index contributed by atoms with van der Waals surface area (Å²) in [6.07, 6.45) is 2.58. The van der Waals surface area contributed by atoms with Gasteiger partial charge in [0.25, 0.3) is 5.91 Å². The van der Waals surface area contributed by atoms with Gasteiger partial charge < -0.3 is 19.8 Å². The Bertz CT molecular complexity index is 566. The molecule has 0 radical (unpaired) electrons. The third kappa shape index (κ3) is 4.93. The maximum atomic E-state index is 12.1. The van der Waals surface area contributed by atoms with Gasteiger partial charge in [0.1, 0.15) is 12.4 Å². The van der Waals surface area contributed by atoms with Crippen LogP contribution in [0.4, 0.5) is 0 Å². The lowest BCUT2D eigenvalue weighted by molar-refractivity contribution is 0.0923. The molecule has 0 unspecified atom stereocenters. The third-order valence-electron chi connectivity index (χ3n) is 3.10. The summed E-state index contributed by atoms with van der Waals surface area (Å²) >= 11 is 0. The van der Waals surface area contributed by atoms with E-state index in [-0.39, 0.29) is 5.91 Å². The largest absolute Gasteiger partial charge is 0.489 e. The van der Waals surface area contributed by atoms with Crippen molar-refractivity contribution in [1.29, 1.82) is 0 Å². The molecule has 2 N–H and O–H groups in total. The van der Waals surface area contributed by atoms with Crippen molar-refractivity contribution in [3.05, 3.63) is 54.0 Å². The first-order chi connectivity index (χ1) is 10.8. The number of ether oxygens (including phenoxy) is 1. The van der Waals surface area contributed by atoms with E-state index in [1.165, 1.54) is 6.26 Å². The van der Waals surface area contributed by atoms with E-state index in [4.69, 9.17) is 9.15 Å². The van der Waals surface area contributed by atoms with Crippen LogP contribution < -0.4 is 15.4 Å². The van der Waals surface area contributed by atoms with E-state index in [1.807, 2.05) is 30.3 Å². The van der Waals surface area contributed by atoms with Crippen LogP contribution in [-0.2, 0) is 6.61 Å². The second kappa shape index (κ2) is 8.89. The minimum absolute atomic E-state index is 0.213. The van der Waals surface area contributed by atoms with E-state index in [9.17, 15) is 4.79 Å². The van der Waals surface area contributed by atoms with Gasteiger partial charge >= 0.3 is 0 Å². The highest BCUT2D eigenvalue weighted by molar-refractivity contribution is 5.92. The Balaban J connectivity index is 1.82. The molecule has 0 saturated carbocycles. The summed E-state index contributed by atoms with van der Waals surface area (Å²) in [6, 6.07) is 11.2. The first-order valence-corrected chi connectivity index (χ1v) is 7.54. The Morgan fingerprint density at radius 2 is 1.95 bits per heavy atom. The first kappa shape index (κ1) is 16.1. The maximum Gasteiger partial charge on any atom is 0.287 e. The summed E-state index contributed by atoms with van der Waals surface area (Å²) in [4.78, 5) is 12.1. The first-order valence-electron chi connectivity index (χ1n) is 7.54. The monoisotopic (exact) mass is 302 g/mol. The van der Waals surface area contributed by atoms with E-state index in [0.29, 0.717) is 18.9 Å². The topological polar surface area (TPSA) is 63.5 Å². The maximum absolute atomic E-state index is 12.1. The number of rotatable bonds is 9. The fraction of sp³-hybridized carbons (Fsp3) is 0.353. The number of hydrogen-bond acceptors (Lipinski definition) is 4. The van der Waals surface area contributed by atoms with Crippen molar-refractivity contribution in [1.82, 2.24) is 10.6 Å². The highest BCUT2D eigenvalue weighted by Gasteiger charge is 2.15. The molecule has 1 amide bonds. The van der Waals surface area contributed by atoms with Crippen LogP contribution in [0, 0.1) is 0 Å². The van der Waals surface area contributed by atoms with Crippen molar-refractivity contribution in [2.75, 3.05) is 19.6 Å². The van der Waals surface area contributed by atoms with Gasteiger partial charge in [-0.2, -0.15) is 0 Å². The summed E-state index contributed by atoms with van der Waals surface area (Å²) in [7, 11) is 0. The standard InChI is InChI=1S/C17H22N2O3/c1-2-9-18-10-11-19-17(20)16-14(8-12-21-16)13-22-15-6-4-3-5-7-15/h3-8,12,18H,2,9-11,13H2,1H3,(H,19,20). The average molecular weight is 302 g/mol. The van der Waals surface area contributed by atoms with Gasteiger partial charge in [0, 0.05) is 18.7 Å². The molecule has 5 nitrogen and oxygen atoms in total. The Hall–Kier alpha value is -2.27. The van der Waals surface area contributed by atoms with Gasteiger partial charge in [0.15, 0.2) is 5.76 Å². The lowest BCUT2D eigenvalue weighted by Crippen LogP contribution is -2.32. The van der Waals surface area contributed by atoms with E-state index in [0.717, 1.165) is 30.8 Å². The van der Waals surface area contributed by atoms with Crippen molar-refractivity contribution >= 4 is 5.91 Å². The van der Waals surface area contributed by atoms with Crippen molar-refractivity contribution in [3.8, 4) is 5.75 Å². The summed E-state index contributed by atoms with van der Waals surface area (Å²) < 4.78 is 10.9. The Morgan fingerprint density at radius 1 is 1.14 bits per heavy atom. The molecule has 0 atom stereocenters. The second-order valence-corrected chi connectivity index (χ2v) is 4.88. The molecule has 118 valence electrons. The number of hydrogen-bond donors (Lipinski definition) is 2. The average Bonchev–Trinajstić information content (AvgIpc) is 3.02. The van der Waals surface area contributed by atoms with Crippen LogP contribution in [-0.4, -0.2) is 25.5 Å². The number of carbonyl (C=O) groups excluding carboxylic acids is 1. The van der Waals surface area contributed by atoms with Gasteiger partial charge in [0.2, 0.25) is 0 Å². The molecule has 0 aliphatic carbocycles. The zero-order chi connectivity index (χ0) is 15.6. The van der Waals surface area contributed by atoms with Gasteiger partial charge in [0.05, 0.1) is 6.26 Å². The molecule has 22 heavy (non-hydrogen) atoms. The van der Waals surface area contributed by atoms with Crippen LogP contribution in [0.2, 0.25) is 0 Å². The molecule has 0 saturated heterocycles. The minimum atomic E-state index is -0.213. The molecule has 1 heterocycles. The van der Waals surface area contributed by atoms with E-state index in [1.54, 1.807) is 6.07 Å². The molecule has 1 aromatic heterocycles. The number of amides is 1. The SMILES string of the molecule is CCCNCCNC(=O)c1occc1COc1ccccc1. The number of benzene rings is 1. The second-order valence-electron chi connectivity index (χ2n) is 4.88. The van der Waals surface area contributed by atoms with Gasteiger partial charge in [-0.15, -0.1) is 0 Å². The molecule has 5 heteroatoms. The molecule has 0 aliphatic rings. The number of carbonyl (C=O) groups is 1. The zero-order valence-electron chi connectivity index (χ0n) is 12.8. The lowest BCUT2D eigenvalue weighted by atomic mass is 10.2. The quantitative estimate of drug-likeness (QED) is 0.699. The normalized spacial score (nSPS) is 10.4. The van der Waals surface area contributed by atoms with Crippen molar-refractivity contribution in [3.63, 3.8) is 0 Å². The summed E-state index contributed by atoms with van der Waals surface area (Å²) in [5.41, 5.74) is 0.739. The molecule has 0 fully saturated rings. The van der Waals surface area contributed by atoms with Crippen LogP contribution in [0.5, 0.6) is 5.75 Å². The van der Waals surface area contributed by atoms with Crippen molar-refractivity contribution in [2.24, 2.45) is 0 Å². The predicted octanol–water partition coefficient (Wildman–Crippen LogP) is 2.59. The Kier molecular flexibility index (Phi) is 6.51. The Labute approximate surface area is 130 Å². The number of furan rings is 1. The van der Waals surface area contributed by atoms with Gasteiger partial charge in [-0.25, -0.2) is 0 Å². The van der Waals surface area contributed by atoms with Crippen molar-refractivity contribution < 1.29 is 13.9 Å². The molecule has 2 aromatic rings. The van der Waals surface area contributed by atoms with Crippen LogP contribution in [0.3, 0.4) is 0 Å². The molecular weight excluding hydrogens is 280 g/mol. The predicted molar refractivity (Wildman–Crippen MR) is 85.0 cm³/mol. The van der Waals surface area contributed by atoms with Crippen LogP contribution in [0.25, 0.3) is 0 Å². The zero-order valence-corrected chi connectivity index (χ0v) is 12.8. The number of para-hydroxylation sites is 1. The summed E-state index contributed by atoms with van der Waals surface area (Å²) in [5, 5.41) is 6.06. The van der Waals surface area contributed by atoms with E-state index < -0.39 is 0 Å². The molecule has 2 rings (SSSR count). The van der Waals surface area contributed by atoms with Gasteiger partial charge in [-0.1, -0.05) is 25.1 Å². The van der Waals surface area contributed by atoms with Crippen LogP contribution >= 0.6 is 0 Å². The van der Waals surface area contributed by atoms with Crippen LogP contribution in [0.15, 0.2) is 47.1 Å². The van der Waals surface area contributed by atoms with Gasteiger partial charge in [-0.05, 0) is 31.2 Å². The molecule has 0 spiro atoms. The highest BCUT2D eigenvalue weighted by atomic mass is 16.5. The smallest absolute Gasteiger partial charge is 0.287 e. The lowest BCUT2D eigenvalue weighted by Gasteiger charge is -2.07. The minimum Gasteiger partial charge on any atom is -0.489 e. The van der Waals surface area contributed by atoms with Crippen LogP contribution in [0.1, 0.15) is 29.5 Å². The molecule has 0 bridgehead atoms. The fourth-order valence-electron chi connectivity index (χ4n) is 1.97. The van der Waals surface area contributed by atoms with Crippen molar-refractivity contribution in [2.45, 2.75) is 20.0 Å². The highest BCUT2D eigenvalue weighted by Crippen LogP contribution is 2.15. The fourth-order valence-corrected chi connectivity index (χ4v) is 1.97. The molecule has 1 aromatic carbocycles. The summed E-state index contributed by atoms with van der Waals surface area (Å²) in [6.45, 7) is 4.67. The molecular formula is C17H22N2O3. The Morgan fingerprint density at radius 3 is 2.73 bits per heavy atom. The van der Waals surface area contributed by atoms with Gasteiger partial charge in [-0.3, -0.25) is 4.79 Å². The molecule has 0 aliphatic heterocycles. The van der Waals surface area contributed by atoms with E-state index in [2.05, 4.69) is 17.6 Å². The number of nitrogens with one attached hydrogen (secondary N) is 2. The summed E-state index contributed by atoms with van der Waals surface area (Å²) in [5.74, 6) is 0.861. The van der Waals surface area contributed by atoms with E-state index >= 15 is 0 Å².